The smallest absolute Gasteiger partial charge is 0.264 e. The largest absolute Gasteiger partial charge is 0.354 e. The van der Waals surface area contributed by atoms with Crippen molar-refractivity contribution in [1.29, 1.82) is 0 Å². The van der Waals surface area contributed by atoms with Gasteiger partial charge in [0.05, 0.1) is 10.6 Å². The van der Waals surface area contributed by atoms with E-state index in [1.807, 2.05) is 64.1 Å². The summed E-state index contributed by atoms with van der Waals surface area (Å²) in [6, 6.07) is 26.6. The van der Waals surface area contributed by atoms with Crippen molar-refractivity contribution in [2.45, 2.75) is 51.6 Å². The lowest BCUT2D eigenvalue weighted by Gasteiger charge is -2.34. The van der Waals surface area contributed by atoms with Crippen molar-refractivity contribution in [2.75, 3.05) is 17.4 Å². The standard InChI is InChI=1S/C36H39Cl2N3O4S/c1-25(2)22-39-36(43)34(21-28-10-6-5-7-11-28)40(23-29-12-8-9-13-33(29)38)35(42)24-41(31-17-14-26(3)27(4)20-31)46(44,45)32-18-15-30(37)16-19-32/h5-20,25,34H,21-24H2,1-4H3,(H,39,43). The van der Waals surface area contributed by atoms with E-state index in [0.717, 1.165) is 21.0 Å². The molecule has 0 saturated carbocycles. The molecule has 0 saturated heterocycles. The first-order valence-corrected chi connectivity index (χ1v) is 17.3. The minimum absolute atomic E-state index is 0.00708. The number of hydrogen-bond acceptors (Lipinski definition) is 4. The van der Waals surface area contributed by atoms with Gasteiger partial charge < -0.3 is 10.2 Å². The van der Waals surface area contributed by atoms with E-state index in [4.69, 9.17) is 23.2 Å². The van der Waals surface area contributed by atoms with E-state index in [-0.39, 0.29) is 29.7 Å². The quantitative estimate of drug-likeness (QED) is 0.162. The van der Waals surface area contributed by atoms with E-state index in [0.29, 0.717) is 27.8 Å². The number of amides is 2. The predicted molar refractivity (Wildman–Crippen MR) is 186 cm³/mol. The Morgan fingerprint density at radius 2 is 1.48 bits per heavy atom. The molecular weight excluding hydrogens is 641 g/mol. The van der Waals surface area contributed by atoms with Gasteiger partial charge >= 0.3 is 0 Å². The number of sulfonamides is 1. The molecule has 0 aliphatic rings. The highest BCUT2D eigenvalue weighted by Gasteiger charge is 2.35. The Kier molecular flexibility index (Phi) is 11.9. The van der Waals surface area contributed by atoms with Crippen LogP contribution in [0.2, 0.25) is 10.0 Å². The van der Waals surface area contributed by atoms with E-state index in [9.17, 15) is 18.0 Å². The van der Waals surface area contributed by atoms with Crippen molar-refractivity contribution in [1.82, 2.24) is 10.2 Å². The summed E-state index contributed by atoms with van der Waals surface area (Å²) in [7, 11) is -4.24. The first-order valence-electron chi connectivity index (χ1n) is 15.1. The Morgan fingerprint density at radius 3 is 2.11 bits per heavy atom. The van der Waals surface area contributed by atoms with Crippen molar-refractivity contribution in [2.24, 2.45) is 5.92 Å². The molecule has 7 nitrogen and oxygen atoms in total. The number of carbonyl (C=O) groups excluding carboxylic acids is 2. The van der Waals surface area contributed by atoms with Gasteiger partial charge in [-0.3, -0.25) is 13.9 Å². The van der Waals surface area contributed by atoms with E-state index in [1.165, 1.54) is 29.2 Å². The summed E-state index contributed by atoms with van der Waals surface area (Å²) >= 11 is 12.6. The number of aryl methyl sites for hydroxylation is 2. The molecule has 4 aromatic carbocycles. The van der Waals surface area contributed by atoms with Crippen LogP contribution in [0, 0.1) is 19.8 Å². The molecule has 0 fully saturated rings. The average molecular weight is 681 g/mol. The molecule has 0 bridgehead atoms. The van der Waals surface area contributed by atoms with Crippen molar-refractivity contribution < 1.29 is 18.0 Å². The maximum absolute atomic E-state index is 14.6. The molecule has 4 rings (SSSR count). The van der Waals surface area contributed by atoms with Gasteiger partial charge in [0.25, 0.3) is 10.0 Å². The Bertz CT molecular complexity index is 1760. The van der Waals surface area contributed by atoms with E-state index in [1.54, 1.807) is 36.4 Å². The topological polar surface area (TPSA) is 86.8 Å². The van der Waals surface area contributed by atoms with E-state index < -0.39 is 28.5 Å². The van der Waals surface area contributed by atoms with Crippen LogP contribution in [-0.2, 0) is 32.6 Å². The molecular formula is C36H39Cl2N3O4S. The van der Waals surface area contributed by atoms with Crippen LogP contribution in [0.1, 0.15) is 36.1 Å². The predicted octanol–water partition coefficient (Wildman–Crippen LogP) is 7.22. The van der Waals surface area contributed by atoms with Gasteiger partial charge in [-0.15, -0.1) is 0 Å². The highest BCUT2D eigenvalue weighted by atomic mass is 35.5. The average Bonchev–Trinajstić information content (AvgIpc) is 3.03. The molecule has 1 atom stereocenters. The summed E-state index contributed by atoms with van der Waals surface area (Å²) in [5.74, 6) is -0.716. The van der Waals surface area contributed by atoms with Gasteiger partial charge in [-0.1, -0.05) is 91.6 Å². The zero-order valence-corrected chi connectivity index (χ0v) is 28.7. The minimum Gasteiger partial charge on any atom is -0.354 e. The summed E-state index contributed by atoms with van der Waals surface area (Å²) < 4.78 is 29.5. The number of rotatable bonds is 13. The monoisotopic (exact) mass is 679 g/mol. The molecule has 2 amide bonds. The van der Waals surface area contributed by atoms with Gasteiger partial charge in [-0.05, 0) is 84.5 Å². The molecule has 0 spiro atoms. The molecule has 0 aliphatic carbocycles. The van der Waals surface area contributed by atoms with Crippen LogP contribution in [-0.4, -0.2) is 44.3 Å². The second-order valence-electron chi connectivity index (χ2n) is 11.7. The van der Waals surface area contributed by atoms with E-state index >= 15 is 0 Å². The molecule has 0 aliphatic heterocycles. The molecule has 0 radical (unpaired) electrons. The van der Waals surface area contributed by atoms with Crippen molar-refractivity contribution >= 4 is 50.7 Å². The maximum Gasteiger partial charge on any atom is 0.264 e. The molecule has 4 aromatic rings. The Hall–Kier alpha value is -3.85. The number of nitrogens with one attached hydrogen (secondary N) is 1. The van der Waals surface area contributed by atoms with Crippen LogP contribution in [0.4, 0.5) is 5.69 Å². The van der Waals surface area contributed by atoms with Crippen molar-refractivity contribution in [3.8, 4) is 0 Å². The lowest BCUT2D eigenvalue weighted by atomic mass is 10.0. The van der Waals surface area contributed by atoms with Gasteiger partial charge in [0.1, 0.15) is 12.6 Å². The van der Waals surface area contributed by atoms with Crippen LogP contribution in [0.5, 0.6) is 0 Å². The fraction of sp³-hybridized carbons (Fsp3) is 0.278. The lowest BCUT2D eigenvalue weighted by molar-refractivity contribution is -0.140. The maximum atomic E-state index is 14.6. The number of anilines is 1. The normalized spacial score (nSPS) is 12.1. The molecule has 0 aromatic heterocycles. The summed E-state index contributed by atoms with van der Waals surface area (Å²) in [4.78, 5) is 29.9. The van der Waals surface area contributed by atoms with Crippen molar-refractivity contribution in [3.63, 3.8) is 0 Å². The SMILES string of the molecule is Cc1ccc(N(CC(=O)N(Cc2ccccc2Cl)C(Cc2ccccc2)C(=O)NCC(C)C)S(=O)(=O)c2ccc(Cl)cc2)cc1C. The number of nitrogens with zero attached hydrogens (tertiary/aromatic N) is 2. The Labute approximate surface area is 282 Å². The molecule has 0 heterocycles. The third-order valence-electron chi connectivity index (χ3n) is 7.71. The summed E-state index contributed by atoms with van der Waals surface area (Å²) in [6.45, 7) is 7.64. The molecule has 1 N–H and O–H groups in total. The van der Waals surface area contributed by atoms with Crippen LogP contribution in [0.3, 0.4) is 0 Å². The van der Waals surface area contributed by atoms with Gasteiger partial charge in [0.15, 0.2) is 0 Å². The highest BCUT2D eigenvalue weighted by molar-refractivity contribution is 7.92. The van der Waals surface area contributed by atoms with E-state index in [2.05, 4.69) is 5.32 Å². The summed E-state index contributed by atoms with van der Waals surface area (Å²) in [6.07, 6.45) is 0.217. The van der Waals surface area contributed by atoms with Crippen LogP contribution in [0.25, 0.3) is 0 Å². The van der Waals surface area contributed by atoms with Crippen LogP contribution in [0.15, 0.2) is 102 Å². The highest BCUT2D eigenvalue weighted by Crippen LogP contribution is 2.28. The number of hydrogen-bond donors (Lipinski definition) is 1. The number of benzene rings is 4. The summed E-state index contributed by atoms with van der Waals surface area (Å²) in [5, 5.41) is 3.80. The zero-order chi connectivity index (χ0) is 33.4. The van der Waals surface area contributed by atoms with Crippen LogP contribution < -0.4 is 9.62 Å². The number of halogens is 2. The lowest BCUT2D eigenvalue weighted by Crippen LogP contribution is -2.53. The fourth-order valence-electron chi connectivity index (χ4n) is 4.93. The van der Waals surface area contributed by atoms with Gasteiger partial charge in [0, 0.05) is 29.6 Å². The van der Waals surface area contributed by atoms with Gasteiger partial charge in [-0.25, -0.2) is 8.42 Å². The fourth-order valence-corrected chi connectivity index (χ4v) is 6.66. The number of carbonyl (C=O) groups is 2. The first-order chi connectivity index (χ1) is 21.9. The molecule has 10 heteroatoms. The van der Waals surface area contributed by atoms with Crippen molar-refractivity contribution in [3.05, 3.63) is 129 Å². The van der Waals surface area contributed by atoms with Gasteiger partial charge in [-0.2, -0.15) is 0 Å². The second-order valence-corrected chi connectivity index (χ2v) is 14.4. The van der Waals surface area contributed by atoms with Gasteiger partial charge in [0.2, 0.25) is 11.8 Å². The second kappa shape index (κ2) is 15.6. The van der Waals surface area contributed by atoms with Crippen LogP contribution >= 0.6 is 23.2 Å². The Morgan fingerprint density at radius 1 is 0.826 bits per heavy atom. The molecule has 242 valence electrons. The third-order valence-corrected chi connectivity index (χ3v) is 10.1. The molecule has 1 unspecified atom stereocenters. The first kappa shape index (κ1) is 35.0. The molecule has 46 heavy (non-hydrogen) atoms. The minimum atomic E-state index is -4.24. The zero-order valence-electron chi connectivity index (χ0n) is 26.4. The third kappa shape index (κ3) is 8.90. The Balaban J connectivity index is 1.82. The summed E-state index contributed by atoms with van der Waals surface area (Å²) in [5.41, 5.74) is 3.65.